The Hall–Kier alpha value is -3.38. The minimum Gasteiger partial charge on any atom is -0.490 e. The quantitative estimate of drug-likeness (QED) is 0.104. The van der Waals surface area contributed by atoms with E-state index in [1.165, 1.54) is 32.7 Å². The van der Waals surface area contributed by atoms with Gasteiger partial charge in [-0.05, 0) is 110 Å². The maximum absolute atomic E-state index is 13.0. The molecule has 2 aromatic carbocycles. The summed E-state index contributed by atoms with van der Waals surface area (Å²) in [6.45, 7) is 2.84. The van der Waals surface area contributed by atoms with Crippen LogP contribution in [-0.2, 0) is 16.6 Å². The van der Waals surface area contributed by atoms with E-state index >= 15 is 0 Å². The van der Waals surface area contributed by atoms with Crippen molar-refractivity contribution >= 4 is 5.91 Å². The zero-order valence-electron chi connectivity index (χ0n) is 29.3. The van der Waals surface area contributed by atoms with Crippen LogP contribution in [0.4, 0.5) is 0 Å². The average Bonchev–Trinajstić information content (AvgIpc) is 4.08. The molecular formula is C40H54N2O8. The van der Waals surface area contributed by atoms with Gasteiger partial charge in [-0.1, -0.05) is 43.3 Å². The Balaban J connectivity index is 1.18. The molecule has 0 spiro atoms. The topological polar surface area (TPSA) is 164 Å². The summed E-state index contributed by atoms with van der Waals surface area (Å²) in [4.78, 5) is 18.8. The SMILES string of the molecule is Cc1ccc(C(C)CCCC(=O)N(CCO)C[C@H](O)[C@@H](O)[C@H](O)[C@H](O)CO)cc1CCC1(c2cnccc2-c2ccccc2OC2CC2)CC1. The smallest absolute Gasteiger partial charge is 0.222 e. The largest absolute Gasteiger partial charge is 0.490 e. The number of amides is 1. The number of aliphatic hydroxyl groups excluding tert-OH is 6. The van der Waals surface area contributed by atoms with E-state index in [9.17, 15) is 30.3 Å². The van der Waals surface area contributed by atoms with Crippen molar-refractivity contribution in [1.29, 1.82) is 0 Å². The molecule has 10 heteroatoms. The van der Waals surface area contributed by atoms with Crippen molar-refractivity contribution in [3.8, 4) is 16.9 Å². The van der Waals surface area contributed by atoms with Gasteiger partial charge in [0.25, 0.3) is 0 Å². The van der Waals surface area contributed by atoms with Gasteiger partial charge >= 0.3 is 0 Å². The number of rotatable bonds is 20. The number of nitrogens with zero attached hydrogens (tertiary/aromatic N) is 2. The number of aryl methyl sites for hydroxylation is 2. The highest BCUT2D eigenvalue weighted by molar-refractivity contribution is 5.76. The predicted octanol–water partition coefficient (Wildman–Crippen LogP) is 3.79. The Morgan fingerprint density at radius 1 is 1.00 bits per heavy atom. The zero-order chi connectivity index (χ0) is 35.8. The molecule has 1 heterocycles. The molecule has 10 nitrogen and oxygen atoms in total. The maximum Gasteiger partial charge on any atom is 0.222 e. The first-order chi connectivity index (χ1) is 24.1. The Kier molecular flexibility index (Phi) is 13.0. The fourth-order valence-electron chi connectivity index (χ4n) is 6.88. The number of aromatic nitrogens is 1. The average molecular weight is 691 g/mol. The zero-order valence-corrected chi connectivity index (χ0v) is 29.3. The summed E-state index contributed by atoms with van der Waals surface area (Å²) < 4.78 is 6.29. The van der Waals surface area contributed by atoms with Crippen LogP contribution < -0.4 is 4.74 Å². The lowest BCUT2D eigenvalue weighted by atomic mass is 9.84. The Morgan fingerprint density at radius 3 is 2.44 bits per heavy atom. The molecule has 2 saturated carbocycles. The van der Waals surface area contributed by atoms with Gasteiger partial charge in [-0.15, -0.1) is 0 Å². The van der Waals surface area contributed by atoms with Crippen LogP contribution in [0.15, 0.2) is 60.9 Å². The van der Waals surface area contributed by atoms with Crippen molar-refractivity contribution < 1.29 is 40.2 Å². The molecule has 0 aliphatic heterocycles. The molecule has 2 aliphatic rings. The molecule has 0 bridgehead atoms. The highest BCUT2D eigenvalue weighted by atomic mass is 16.5. The van der Waals surface area contributed by atoms with Gasteiger partial charge in [-0.25, -0.2) is 0 Å². The summed E-state index contributed by atoms with van der Waals surface area (Å²) in [5, 5.41) is 58.5. The minimum absolute atomic E-state index is 0.0408. The van der Waals surface area contributed by atoms with Crippen LogP contribution >= 0.6 is 0 Å². The monoisotopic (exact) mass is 690 g/mol. The number of aliphatic hydroxyl groups is 6. The summed E-state index contributed by atoms with van der Waals surface area (Å²) in [6.07, 6.45) is 5.53. The van der Waals surface area contributed by atoms with E-state index in [1.54, 1.807) is 0 Å². The summed E-state index contributed by atoms with van der Waals surface area (Å²) >= 11 is 0. The minimum atomic E-state index is -1.78. The lowest BCUT2D eigenvalue weighted by Crippen LogP contribution is -2.51. The van der Waals surface area contributed by atoms with Gasteiger partial charge < -0.3 is 40.3 Å². The first kappa shape index (κ1) is 37.9. The number of benzene rings is 2. The lowest BCUT2D eigenvalue weighted by Gasteiger charge is -2.30. The third-order valence-electron chi connectivity index (χ3n) is 10.5. The van der Waals surface area contributed by atoms with Crippen molar-refractivity contribution in [3.63, 3.8) is 0 Å². The number of carbonyl (C=O) groups is 1. The third kappa shape index (κ3) is 9.48. The van der Waals surface area contributed by atoms with Crippen LogP contribution in [0.25, 0.3) is 11.1 Å². The first-order valence-electron chi connectivity index (χ1n) is 18.1. The van der Waals surface area contributed by atoms with Crippen LogP contribution in [0, 0.1) is 6.92 Å². The van der Waals surface area contributed by atoms with E-state index in [0.717, 1.165) is 56.3 Å². The van der Waals surface area contributed by atoms with Gasteiger partial charge in [-0.2, -0.15) is 0 Å². The van der Waals surface area contributed by atoms with Gasteiger partial charge in [-0.3, -0.25) is 9.78 Å². The third-order valence-corrected chi connectivity index (χ3v) is 10.5. The van der Waals surface area contributed by atoms with E-state index < -0.39 is 31.0 Å². The van der Waals surface area contributed by atoms with E-state index in [2.05, 4.69) is 67.5 Å². The van der Waals surface area contributed by atoms with E-state index in [0.29, 0.717) is 12.5 Å². The van der Waals surface area contributed by atoms with Crippen LogP contribution in [-0.4, -0.2) is 103 Å². The number of para-hydroxylation sites is 1. The molecular weight excluding hydrogens is 636 g/mol. The van der Waals surface area contributed by atoms with Gasteiger partial charge in [0.1, 0.15) is 30.2 Å². The number of ether oxygens (including phenoxy) is 1. The van der Waals surface area contributed by atoms with Crippen LogP contribution in [0.1, 0.15) is 86.5 Å². The number of pyridine rings is 1. The Morgan fingerprint density at radius 2 is 1.74 bits per heavy atom. The van der Waals surface area contributed by atoms with Gasteiger partial charge in [0, 0.05) is 37.5 Å². The fourth-order valence-corrected chi connectivity index (χ4v) is 6.88. The Bertz CT molecular complexity index is 1560. The second-order valence-corrected chi connectivity index (χ2v) is 14.4. The van der Waals surface area contributed by atoms with Crippen molar-refractivity contribution in [3.05, 3.63) is 83.2 Å². The van der Waals surface area contributed by atoms with Crippen molar-refractivity contribution in [2.75, 3.05) is 26.3 Å². The van der Waals surface area contributed by atoms with Crippen molar-refractivity contribution in [2.45, 2.75) is 113 Å². The van der Waals surface area contributed by atoms with Gasteiger partial charge in [0.05, 0.1) is 19.3 Å². The summed E-state index contributed by atoms with van der Waals surface area (Å²) in [5.41, 5.74) is 7.55. The van der Waals surface area contributed by atoms with Gasteiger partial charge in [0.15, 0.2) is 0 Å². The van der Waals surface area contributed by atoms with E-state index in [-0.39, 0.29) is 43.4 Å². The number of carbonyl (C=O) groups excluding carboxylic acids is 1. The lowest BCUT2D eigenvalue weighted by molar-refractivity contribution is -0.140. The maximum atomic E-state index is 13.0. The molecule has 1 aromatic heterocycles. The normalized spacial score (nSPS) is 18.2. The van der Waals surface area contributed by atoms with E-state index in [1.807, 2.05) is 12.3 Å². The number of hydrogen-bond donors (Lipinski definition) is 6. The molecule has 1 amide bonds. The summed E-state index contributed by atoms with van der Waals surface area (Å²) in [5.74, 6) is 0.870. The van der Waals surface area contributed by atoms with Crippen LogP contribution in [0.3, 0.4) is 0 Å². The van der Waals surface area contributed by atoms with E-state index in [4.69, 9.17) is 9.84 Å². The predicted molar refractivity (Wildman–Crippen MR) is 191 cm³/mol. The molecule has 272 valence electrons. The van der Waals surface area contributed by atoms with Crippen molar-refractivity contribution in [2.24, 2.45) is 0 Å². The number of hydrogen-bond acceptors (Lipinski definition) is 9. The first-order valence-corrected chi connectivity index (χ1v) is 18.1. The summed E-state index contributed by atoms with van der Waals surface area (Å²) in [7, 11) is 0. The second kappa shape index (κ2) is 17.2. The van der Waals surface area contributed by atoms with Gasteiger partial charge in [0.2, 0.25) is 5.91 Å². The highest BCUT2D eigenvalue weighted by Crippen LogP contribution is 2.55. The second-order valence-electron chi connectivity index (χ2n) is 14.4. The molecule has 1 unspecified atom stereocenters. The molecule has 0 radical (unpaired) electrons. The fraction of sp³-hybridized carbons (Fsp3) is 0.550. The molecule has 6 N–H and O–H groups in total. The molecule has 3 aromatic rings. The molecule has 50 heavy (non-hydrogen) atoms. The molecule has 2 fully saturated rings. The van der Waals surface area contributed by atoms with Crippen molar-refractivity contribution in [1.82, 2.24) is 9.88 Å². The Labute approximate surface area is 295 Å². The summed E-state index contributed by atoms with van der Waals surface area (Å²) in [6, 6.07) is 17.1. The van der Waals surface area contributed by atoms with Crippen LogP contribution in [0.2, 0.25) is 0 Å². The van der Waals surface area contributed by atoms with Crippen LogP contribution in [0.5, 0.6) is 5.75 Å². The molecule has 5 rings (SSSR count). The standard InChI is InChI=1S/C40H54N2O8/c1-26(6-5-9-37(47)42(20-21-43)24-34(45)38(48)39(49)35(46)25-44)28-11-10-27(2)29(22-28)14-16-40(17-18-40)33-23-41-19-15-31(33)32-7-3-4-8-36(32)50-30-12-13-30/h3-4,7-8,10-11,15,19,22-23,26,30,34-35,38-39,43-46,48-49H,5-6,9,12-14,16-18,20-21,24-25H2,1-2H3/t26?,34-,35+,38+,39+/m0/s1. The highest BCUT2D eigenvalue weighted by Gasteiger charge is 2.45. The molecule has 2 aliphatic carbocycles. The molecule has 5 atom stereocenters. The molecule has 0 saturated heterocycles.